The summed E-state index contributed by atoms with van der Waals surface area (Å²) < 4.78 is 0. The van der Waals surface area contributed by atoms with Crippen molar-refractivity contribution >= 4 is 17.2 Å². The van der Waals surface area contributed by atoms with Crippen LogP contribution in [0.1, 0.15) is 30.3 Å². The van der Waals surface area contributed by atoms with Gasteiger partial charge >= 0.3 is 0 Å². The van der Waals surface area contributed by atoms with Gasteiger partial charge in [0.2, 0.25) is 0 Å². The predicted octanol–water partition coefficient (Wildman–Crippen LogP) is 1.80. The average molecular weight is 256 g/mol. The van der Waals surface area contributed by atoms with E-state index in [2.05, 4.69) is 29.0 Å². The molecule has 1 atom stereocenters. The molecule has 0 bridgehead atoms. The fourth-order valence-corrected chi connectivity index (χ4v) is 2.57. The maximum absolute atomic E-state index is 8.60. The SMILES string of the molecule is CCC(C/C(N)=N/O)N(C)Cc1scnc1C. The van der Waals surface area contributed by atoms with Crippen molar-refractivity contribution in [1.82, 2.24) is 9.88 Å². The van der Waals surface area contributed by atoms with Gasteiger partial charge in [-0.2, -0.15) is 0 Å². The molecular formula is C11H20N4OS. The molecule has 0 amide bonds. The number of hydrogen-bond acceptors (Lipinski definition) is 5. The second-order valence-electron chi connectivity index (χ2n) is 4.13. The normalized spacial score (nSPS) is 14.2. The lowest BCUT2D eigenvalue weighted by Gasteiger charge is -2.26. The van der Waals surface area contributed by atoms with E-state index in [9.17, 15) is 0 Å². The van der Waals surface area contributed by atoms with Crippen LogP contribution in [-0.4, -0.2) is 34.0 Å². The Morgan fingerprint density at radius 3 is 2.88 bits per heavy atom. The lowest BCUT2D eigenvalue weighted by molar-refractivity contribution is 0.231. The molecule has 96 valence electrons. The lowest BCUT2D eigenvalue weighted by Crippen LogP contribution is -2.34. The van der Waals surface area contributed by atoms with E-state index < -0.39 is 0 Å². The van der Waals surface area contributed by atoms with Crippen LogP contribution in [0.15, 0.2) is 10.7 Å². The van der Waals surface area contributed by atoms with Gasteiger partial charge in [0.1, 0.15) is 5.84 Å². The Morgan fingerprint density at radius 1 is 1.71 bits per heavy atom. The Labute approximate surface area is 106 Å². The van der Waals surface area contributed by atoms with Gasteiger partial charge in [-0.3, -0.25) is 4.90 Å². The highest BCUT2D eigenvalue weighted by atomic mass is 32.1. The molecule has 0 aliphatic heterocycles. The van der Waals surface area contributed by atoms with Crippen LogP contribution in [-0.2, 0) is 6.54 Å². The summed E-state index contributed by atoms with van der Waals surface area (Å²) in [6, 6.07) is 0.285. The van der Waals surface area contributed by atoms with E-state index in [0.29, 0.717) is 6.42 Å². The van der Waals surface area contributed by atoms with Gasteiger partial charge in [0.05, 0.1) is 11.2 Å². The zero-order chi connectivity index (χ0) is 12.8. The second-order valence-corrected chi connectivity index (χ2v) is 5.07. The van der Waals surface area contributed by atoms with E-state index in [4.69, 9.17) is 10.9 Å². The van der Waals surface area contributed by atoms with E-state index in [1.807, 2.05) is 12.4 Å². The second kappa shape index (κ2) is 6.56. The molecule has 0 saturated carbocycles. The molecule has 0 radical (unpaired) electrons. The number of aromatic nitrogens is 1. The van der Waals surface area contributed by atoms with Crippen molar-refractivity contribution in [3.63, 3.8) is 0 Å². The summed E-state index contributed by atoms with van der Waals surface area (Å²) in [6.45, 7) is 4.98. The molecule has 1 heterocycles. The lowest BCUT2D eigenvalue weighted by atomic mass is 10.1. The zero-order valence-electron chi connectivity index (χ0n) is 10.6. The number of hydrogen-bond donors (Lipinski definition) is 2. The van der Waals surface area contributed by atoms with Gasteiger partial charge in [-0.05, 0) is 20.4 Å². The molecule has 0 spiro atoms. The Morgan fingerprint density at radius 2 is 2.41 bits per heavy atom. The minimum absolute atomic E-state index is 0.282. The molecular weight excluding hydrogens is 236 g/mol. The molecule has 17 heavy (non-hydrogen) atoms. The molecule has 0 fully saturated rings. The molecule has 5 nitrogen and oxygen atoms in total. The van der Waals surface area contributed by atoms with Gasteiger partial charge in [-0.15, -0.1) is 11.3 Å². The summed E-state index contributed by atoms with van der Waals surface area (Å²) in [6.07, 6.45) is 1.55. The highest BCUT2D eigenvalue weighted by Gasteiger charge is 2.16. The molecule has 1 unspecified atom stereocenters. The number of aryl methyl sites for hydroxylation is 1. The number of rotatable bonds is 6. The van der Waals surface area contributed by atoms with Crippen LogP contribution in [0, 0.1) is 6.92 Å². The molecule has 0 aliphatic rings. The third-order valence-corrected chi connectivity index (χ3v) is 3.83. The topological polar surface area (TPSA) is 74.7 Å². The molecule has 1 rings (SSSR count). The Bertz CT molecular complexity index is 377. The van der Waals surface area contributed by atoms with Gasteiger partial charge in [0, 0.05) is 23.9 Å². The number of amidine groups is 1. The third kappa shape index (κ3) is 3.98. The van der Waals surface area contributed by atoms with Gasteiger partial charge in [0.15, 0.2) is 0 Å². The highest BCUT2D eigenvalue weighted by Crippen LogP contribution is 2.17. The monoisotopic (exact) mass is 256 g/mol. The standard InChI is InChI=1S/C11H20N4OS/c1-4-9(5-11(12)14-16)15(3)6-10-8(2)13-7-17-10/h7,9,16H,4-6H2,1-3H3,(H2,12,14). The largest absolute Gasteiger partial charge is 0.409 e. The molecule has 0 saturated heterocycles. The summed E-state index contributed by atoms with van der Waals surface area (Å²) in [5.41, 5.74) is 8.50. The predicted molar refractivity (Wildman–Crippen MR) is 70.4 cm³/mol. The van der Waals surface area contributed by atoms with Gasteiger partial charge in [-0.1, -0.05) is 12.1 Å². The average Bonchev–Trinajstić information content (AvgIpc) is 2.71. The molecule has 6 heteroatoms. The first-order valence-electron chi connectivity index (χ1n) is 5.64. The Balaban J connectivity index is 2.61. The third-order valence-electron chi connectivity index (χ3n) is 2.91. The van der Waals surface area contributed by atoms with Crippen LogP contribution in [0.3, 0.4) is 0 Å². The van der Waals surface area contributed by atoms with E-state index in [0.717, 1.165) is 18.7 Å². The number of nitrogens with zero attached hydrogens (tertiary/aromatic N) is 3. The summed E-state index contributed by atoms with van der Waals surface area (Å²) in [5, 5.41) is 11.6. The van der Waals surface area contributed by atoms with Crippen LogP contribution in [0.4, 0.5) is 0 Å². The summed E-state index contributed by atoms with van der Waals surface area (Å²) in [4.78, 5) is 7.73. The van der Waals surface area contributed by atoms with Crippen molar-refractivity contribution in [2.75, 3.05) is 7.05 Å². The maximum Gasteiger partial charge on any atom is 0.140 e. The first-order valence-corrected chi connectivity index (χ1v) is 6.52. The first-order chi connectivity index (χ1) is 8.08. The first kappa shape index (κ1) is 13.9. The number of oxime groups is 1. The van der Waals surface area contributed by atoms with Crippen LogP contribution in [0.5, 0.6) is 0 Å². The van der Waals surface area contributed by atoms with E-state index in [1.165, 1.54) is 4.88 Å². The highest BCUT2D eigenvalue weighted by molar-refractivity contribution is 7.09. The number of thiazole rings is 1. The summed E-state index contributed by atoms with van der Waals surface area (Å²) >= 11 is 1.67. The van der Waals surface area contributed by atoms with Crippen molar-refractivity contribution in [3.8, 4) is 0 Å². The minimum Gasteiger partial charge on any atom is -0.409 e. The fraction of sp³-hybridized carbons (Fsp3) is 0.636. The fourth-order valence-electron chi connectivity index (χ4n) is 1.73. The van der Waals surface area contributed by atoms with E-state index in [1.54, 1.807) is 11.3 Å². The zero-order valence-corrected chi connectivity index (χ0v) is 11.4. The van der Waals surface area contributed by atoms with Gasteiger partial charge in [-0.25, -0.2) is 4.98 Å². The van der Waals surface area contributed by atoms with Crippen molar-refractivity contribution in [1.29, 1.82) is 0 Å². The summed E-state index contributed by atoms with van der Waals surface area (Å²) in [7, 11) is 2.05. The molecule has 1 aromatic heterocycles. The van der Waals surface area contributed by atoms with Crippen molar-refractivity contribution in [3.05, 3.63) is 16.1 Å². The smallest absolute Gasteiger partial charge is 0.140 e. The van der Waals surface area contributed by atoms with Crippen molar-refractivity contribution in [2.24, 2.45) is 10.9 Å². The van der Waals surface area contributed by atoms with Crippen LogP contribution >= 0.6 is 11.3 Å². The Hall–Kier alpha value is -1.14. The van der Waals surface area contributed by atoms with Crippen LogP contribution in [0.25, 0.3) is 0 Å². The van der Waals surface area contributed by atoms with Crippen LogP contribution in [0.2, 0.25) is 0 Å². The minimum atomic E-state index is 0.282. The van der Waals surface area contributed by atoms with Gasteiger partial charge < -0.3 is 10.9 Å². The van der Waals surface area contributed by atoms with Gasteiger partial charge in [0.25, 0.3) is 0 Å². The van der Waals surface area contributed by atoms with E-state index in [-0.39, 0.29) is 11.9 Å². The van der Waals surface area contributed by atoms with Crippen molar-refractivity contribution < 1.29 is 5.21 Å². The van der Waals surface area contributed by atoms with Crippen molar-refractivity contribution in [2.45, 2.75) is 39.3 Å². The summed E-state index contributed by atoms with van der Waals surface area (Å²) in [5.74, 6) is 0.282. The maximum atomic E-state index is 8.60. The molecule has 3 N–H and O–H groups in total. The van der Waals surface area contributed by atoms with Crippen LogP contribution < -0.4 is 5.73 Å². The number of nitrogens with two attached hydrogens (primary N) is 1. The quantitative estimate of drug-likeness (QED) is 0.352. The molecule has 0 aromatic carbocycles. The molecule has 0 aliphatic carbocycles. The van der Waals surface area contributed by atoms with E-state index >= 15 is 0 Å². The Kier molecular flexibility index (Phi) is 5.37. The molecule has 1 aromatic rings.